The lowest BCUT2D eigenvalue weighted by molar-refractivity contribution is 0.297. The summed E-state index contributed by atoms with van der Waals surface area (Å²) in [6, 6.07) is 13.0. The van der Waals surface area contributed by atoms with Crippen molar-refractivity contribution in [2.75, 3.05) is 0 Å². The maximum Gasteiger partial charge on any atom is 0.137 e. The summed E-state index contributed by atoms with van der Waals surface area (Å²) in [6.07, 6.45) is 0. The number of para-hydroxylation sites is 1. The van der Waals surface area contributed by atoms with Gasteiger partial charge in [0, 0.05) is 0 Å². The quantitative estimate of drug-likeness (QED) is 0.722. The first kappa shape index (κ1) is 15.0. The summed E-state index contributed by atoms with van der Waals surface area (Å²) in [5.74, 6) is 0.615. The van der Waals surface area contributed by atoms with E-state index in [4.69, 9.17) is 4.74 Å². The molecule has 0 aliphatic carbocycles. The van der Waals surface area contributed by atoms with Crippen LogP contribution in [0.1, 0.15) is 31.9 Å². The third-order valence-corrected chi connectivity index (χ3v) is 3.68. The molecule has 0 N–H and O–H groups in total. The predicted octanol–water partition coefficient (Wildman–Crippen LogP) is 5.46. The summed E-state index contributed by atoms with van der Waals surface area (Å²) in [5.41, 5.74) is 2.13. The first-order valence-electron chi connectivity index (χ1n) is 6.54. The molecule has 106 valence electrons. The molecule has 0 radical (unpaired) electrons. The lowest BCUT2D eigenvalue weighted by atomic mass is 9.86. The van der Waals surface area contributed by atoms with Crippen molar-refractivity contribution in [3.05, 3.63) is 63.9 Å². The first-order chi connectivity index (χ1) is 9.38. The third-order valence-electron chi connectivity index (χ3n) is 3.07. The van der Waals surface area contributed by atoms with Crippen molar-refractivity contribution >= 4 is 15.9 Å². The summed E-state index contributed by atoms with van der Waals surface area (Å²) in [6.45, 7) is 6.89. The molecule has 0 aliphatic heterocycles. The monoisotopic (exact) mass is 336 g/mol. The van der Waals surface area contributed by atoms with Gasteiger partial charge in [-0.15, -0.1) is 0 Å². The molecule has 3 heteroatoms. The van der Waals surface area contributed by atoms with Gasteiger partial charge >= 0.3 is 0 Å². The molecule has 0 spiro atoms. The number of hydrogen-bond acceptors (Lipinski definition) is 1. The number of hydrogen-bond donors (Lipinski definition) is 0. The minimum absolute atomic E-state index is 0.0278. The molecular weight excluding hydrogens is 319 g/mol. The van der Waals surface area contributed by atoms with Crippen LogP contribution in [0.3, 0.4) is 0 Å². The van der Waals surface area contributed by atoms with Crippen molar-refractivity contribution in [3.63, 3.8) is 0 Å². The fourth-order valence-corrected chi connectivity index (χ4v) is 2.43. The van der Waals surface area contributed by atoms with E-state index in [-0.39, 0.29) is 11.2 Å². The molecule has 0 unspecified atom stereocenters. The van der Waals surface area contributed by atoms with Gasteiger partial charge in [-0.05, 0) is 50.7 Å². The summed E-state index contributed by atoms with van der Waals surface area (Å²) in [5, 5.41) is 0. The average Bonchev–Trinajstić information content (AvgIpc) is 2.39. The van der Waals surface area contributed by atoms with Crippen LogP contribution in [0.25, 0.3) is 0 Å². The van der Waals surface area contributed by atoms with Crippen molar-refractivity contribution < 1.29 is 9.13 Å². The van der Waals surface area contributed by atoms with E-state index in [0.717, 1.165) is 11.3 Å². The molecule has 0 bridgehead atoms. The number of halogens is 2. The zero-order chi connectivity index (χ0) is 14.8. The van der Waals surface area contributed by atoms with Crippen LogP contribution in [0, 0.1) is 5.82 Å². The molecule has 0 heterocycles. The molecule has 2 aromatic carbocycles. The molecule has 0 saturated carbocycles. The Morgan fingerprint density at radius 1 is 1.10 bits per heavy atom. The Bertz CT molecular complexity index is 602. The molecule has 2 aromatic rings. The topological polar surface area (TPSA) is 9.23 Å². The highest BCUT2D eigenvalue weighted by Gasteiger charge is 2.18. The molecule has 0 fully saturated rings. The molecule has 20 heavy (non-hydrogen) atoms. The lowest BCUT2D eigenvalue weighted by Gasteiger charge is -2.22. The molecule has 0 saturated heterocycles. The van der Waals surface area contributed by atoms with E-state index in [2.05, 4.69) is 42.8 Å². The van der Waals surface area contributed by atoms with Gasteiger partial charge in [0.1, 0.15) is 18.2 Å². The number of ether oxygens (including phenoxy) is 1. The molecule has 0 aliphatic rings. The maximum atomic E-state index is 13.2. The van der Waals surface area contributed by atoms with Crippen LogP contribution in [0.4, 0.5) is 4.39 Å². The van der Waals surface area contributed by atoms with Gasteiger partial charge in [-0.1, -0.05) is 45.0 Å². The van der Waals surface area contributed by atoms with Gasteiger partial charge in [0.05, 0.1) is 4.47 Å². The third kappa shape index (κ3) is 3.60. The van der Waals surface area contributed by atoms with Gasteiger partial charge in [-0.3, -0.25) is 0 Å². The summed E-state index contributed by atoms with van der Waals surface area (Å²) in [4.78, 5) is 0. The van der Waals surface area contributed by atoms with Crippen LogP contribution in [0.2, 0.25) is 0 Å². The minimum Gasteiger partial charge on any atom is -0.489 e. The number of benzene rings is 2. The Kier molecular flexibility index (Phi) is 4.48. The highest BCUT2D eigenvalue weighted by Crippen LogP contribution is 2.31. The van der Waals surface area contributed by atoms with Crippen molar-refractivity contribution in [3.8, 4) is 5.75 Å². The average molecular weight is 337 g/mol. The second-order valence-electron chi connectivity index (χ2n) is 5.78. The minimum atomic E-state index is -0.260. The van der Waals surface area contributed by atoms with Gasteiger partial charge in [-0.25, -0.2) is 4.39 Å². The van der Waals surface area contributed by atoms with Crippen molar-refractivity contribution in [2.24, 2.45) is 0 Å². The summed E-state index contributed by atoms with van der Waals surface area (Å²) < 4.78 is 19.6. The van der Waals surface area contributed by atoms with E-state index >= 15 is 0 Å². The van der Waals surface area contributed by atoms with Crippen LogP contribution < -0.4 is 4.74 Å². The van der Waals surface area contributed by atoms with E-state index in [1.165, 1.54) is 11.6 Å². The van der Waals surface area contributed by atoms with E-state index in [9.17, 15) is 4.39 Å². The van der Waals surface area contributed by atoms with Crippen molar-refractivity contribution in [1.29, 1.82) is 0 Å². The molecular formula is C17H18BrFO. The second kappa shape index (κ2) is 5.96. The SMILES string of the molecule is CC(C)(C)c1ccccc1OCc1ccc(F)c(Br)c1. The lowest BCUT2D eigenvalue weighted by Crippen LogP contribution is -2.13. The van der Waals surface area contributed by atoms with E-state index in [0.29, 0.717) is 11.1 Å². The first-order valence-corrected chi connectivity index (χ1v) is 7.33. The summed E-state index contributed by atoms with van der Waals surface area (Å²) in [7, 11) is 0. The van der Waals surface area contributed by atoms with Crippen molar-refractivity contribution in [1.82, 2.24) is 0 Å². The molecule has 2 rings (SSSR count). The van der Waals surface area contributed by atoms with Crippen LogP contribution >= 0.6 is 15.9 Å². The van der Waals surface area contributed by atoms with Crippen molar-refractivity contribution in [2.45, 2.75) is 32.8 Å². The van der Waals surface area contributed by atoms with Gasteiger partial charge in [-0.2, -0.15) is 0 Å². The Labute approximate surface area is 127 Å². The van der Waals surface area contributed by atoms with E-state index in [1.54, 1.807) is 12.1 Å². The Balaban J connectivity index is 2.17. The molecule has 0 atom stereocenters. The second-order valence-corrected chi connectivity index (χ2v) is 6.64. The fraction of sp³-hybridized carbons (Fsp3) is 0.294. The van der Waals surface area contributed by atoms with E-state index in [1.807, 2.05) is 18.2 Å². The Morgan fingerprint density at radius 2 is 1.80 bits per heavy atom. The fourth-order valence-electron chi connectivity index (χ4n) is 2.00. The highest BCUT2D eigenvalue weighted by molar-refractivity contribution is 9.10. The van der Waals surface area contributed by atoms with Gasteiger partial charge < -0.3 is 4.74 Å². The van der Waals surface area contributed by atoms with Crippen LogP contribution in [-0.4, -0.2) is 0 Å². The zero-order valence-corrected chi connectivity index (χ0v) is 13.5. The molecule has 0 amide bonds. The van der Waals surface area contributed by atoms with Gasteiger partial charge in [0.2, 0.25) is 0 Å². The largest absolute Gasteiger partial charge is 0.489 e. The molecule has 1 nitrogen and oxygen atoms in total. The van der Waals surface area contributed by atoms with Gasteiger partial charge in [0.15, 0.2) is 0 Å². The summed E-state index contributed by atoms with van der Waals surface area (Å²) >= 11 is 3.19. The Morgan fingerprint density at radius 3 is 2.45 bits per heavy atom. The maximum absolute atomic E-state index is 13.2. The van der Waals surface area contributed by atoms with Crippen LogP contribution in [-0.2, 0) is 12.0 Å². The van der Waals surface area contributed by atoms with Crippen LogP contribution in [0.5, 0.6) is 5.75 Å². The van der Waals surface area contributed by atoms with Crippen LogP contribution in [0.15, 0.2) is 46.9 Å². The van der Waals surface area contributed by atoms with Gasteiger partial charge in [0.25, 0.3) is 0 Å². The Hall–Kier alpha value is -1.35. The normalized spacial score (nSPS) is 11.4. The smallest absolute Gasteiger partial charge is 0.137 e. The highest BCUT2D eigenvalue weighted by atomic mass is 79.9. The van der Waals surface area contributed by atoms with E-state index < -0.39 is 0 Å². The standard InChI is InChI=1S/C17H18BrFO/c1-17(2,3)13-6-4-5-7-16(13)20-11-12-8-9-15(19)14(18)10-12/h4-10H,11H2,1-3H3. The zero-order valence-electron chi connectivity index (χ0n) is 11.9. The molecule has 0 aromatic heterocycles. The predicted molar refractivity (Wildman–Crippen MR) is 83.6 cm³/mol. The number of rotatable bonds is 3.